The largest absolute Gasteiger partial charge is 0.450 e. The lowest BCUT2D eigenvalue weighted by atomic mass is 9.91. The molecule has 1 aromatic carbocycles. The topological polar surface area (TPSA) is 108 Å². The Morgan fingerprint density at radius 2 is 1.83 bits per heavy atom. The highest BCUT2D eigenvalue weighted by Crippen LogP contribution is 2.32. The Labute approximate surface area is 134 Å². The number of benzene rings is 1. The number of alkyl carbamates (subject to hydrolysis) is 1. The molecule has 7 nitrogen and oxygen atoms in total. The molecule has 128 valence electrons. The lowest BCUT2D eigenvalue weighted by molar-refractivity contribution is -0.219. The van der Waals surface area contributed by atoms with Gasteiger partial charge in [-0.15, -0.1) is 0 Å². The molecule has 1 amide bonds. The van der Waals surface area contributed by atoms with Crippen LogP contribution in [0.5, 0.6) is 0 Å². The van der Waals surface area contributed by atoms with Gasteiger partial charge in [-0.25, -0.2) is 4.79 Å². The van der Waals surface area contributed by atoms with Crippen molar-refractivity contribution >= 4 is 6.09 Å². The van der Waals surface area contributed by atoms with Crippen molar-refractivity contribution < 1.29 is 29.6 Å². The molecule has 4 N–H and O–H groups in total. The van der Waals surface area contributed by atoms with E-state index in [0.717, 1.165) is 5.56 Å². The average Bonchev–Trinajstić information content (AvgIpc) is 2.55. The van der Waals surface area contributed by atoms with Crippen LogP contribution >= 0.6 is 0 Å². The van der Waals surface area contributed by atoms with Crippen molar-refractivity contribution in [3.63, 3.8) is 0 Å². The molecular formula is C16H23NO6. The van der Waals surface area contributed by atoms with Crippen LogP contribution in [0.15, 0.2) is 24.3 Å². The number of aliphatic hydroxyl groups is 3. The maximum atomic E-state index is 11.2. The first-order valence-corrected chi connectivity index (χ1v) is 7.63. The molecule has 7 heteroatoms. The summed E-state index contributed by atoms with van der Waals surface area (Å²) in [5.74, 6) is 0. The molecule has 1 aliphatic rings. The molecule has 0 bridgehead atoms. The molecule has 0 aromatic heterocycles. The number of hydrogen-bond donors (Lipinski definition) is 4. The zero-order valence-corrected chi connectivity index (χ0v) is 13.2. The van der Waals surface area contributed by atoms with Crippen LogP contribution in [0.2, 0.25) is 0 Å². The Hall–Kier alpha value is -1.67. The Morgan fingerprint density at radius 1 is 1.17 bits per heavy atom. The fourth-order valence-electron chi connectivity index (χ4n) is 2.51. The van der Waals surface area contributed by atoms with Gasteiger partial charge in [0.15, 0.2) is 0 Å². The van der Waals surface area contributed by atoms with Crippen LogP contribution < -0.4 is 5.32 Å². The SMILES string of the molecule is CCOC(=O)NCc1ccc([C@@H]2O[C@@H](C)[C@H](O)[C@@H](O)[C@H]2O)cc1. The number of carbonyl (C=O) groups is 1. The van der Waals surface area contributed by atoms with Crippen molar-refractivity contribution in [2.24, 2.45) is 0 Å². The Kier molecular flexibility index (Phi) is 5.95. The number of nitrogens with one attached hydrogen (secondary N) is 1. The van der Waals surface area contributed by atoms with Crippen molar-refractivity contribution in [1.29, 1.82) is 0 Å². The van der Waals surface area contributed by atoms with Crippen LogP contribution in [0, 0.1) is 0 Å². The van der Waals surface area contributed by atoms with E-state index in [2.05, 4.69) is 5.32 Å². The first-order valence-electron chi connectivity index (χ1n) is 7.63. The van der Waals surface area contributed by atoms with Crippen molar-refractivity contribution in [3.8, 4) is 0 Å². The molecule has 1 fully saturated rings. The molecule has 0 unspecified atom stereocenters. The third kappa shape index (κ3) is 4.20. The van der Waals surface area contributed by atoms with Crippen LogP contribution in [0.4, 0.5) is 4.79 Å². The predicted octanol–water partition coefficient (Wildman–Crippen LogP) is 0.475. The fourth-order valence-corrected chi connectivity index (χ4v) is 2.51. The summed E-state index contributed by atoms with van der Waals surface area (Å²) < 4.78 is 10.4. The molecule has 5 atom stereocenters. The minimum atomic E-state index is -1.26. The van der Waals surface area contributed by atoms with E-state index in [9.17, 15) is 20.1 Å². The molecule has 1 aliphatic heterocycles. The van der Waals surface area contributed by atoms with E-state index in [0.29, 0.717) is 18.7 Å². The monoisotopic (exact) mass is 325 g/mol. The summed E-state index contributed by atoms with van der Waals surface area (Å²) in [5.41, 5.74) is 1.55. The number of rotatable bonds is 4. The summed E-state index contributed by atoms with van der Waals surface area (Å²) in [6.07, 6.45) is -5.35. The second kappa shape index (κ2) is 7.74. The zero-order valence-electron chi connectivity index (χ0n) is 13.2. The second-order valence-electron chi connectivity index (χ2n) is 5.55. The van der Waals surface area contributed by atoms with Crippen LogP contribution in [-0.2, 0) is 16.0 Å². The van der Waals surface area contributed by atoms with E-state index in [1.165, 1.54) is 0 Å². The molecule has 0 saturated carbocycles. The Morgan fingerprint density at radius 3 is 2.43 bits per heavy atom. The van der Waals surface area contributed by atoms with Crippen molar-refractivity contribution in [2.45, 2.75) is 50.9 Å². The first-order chi connectivity index (χ1) is 10.9. The van der Waals surface area contributed by atoms with Crippen molar-refractivity contribution in [2.75, 3.05) is 6.61 Å². The van der Waals surface area contributed by atoms with Gasteiger partial charge in [-0.1, -0.05) is 24.3 Å². The third-order valence-electron chi connectivity index (χ3n) is 3.87. The van der Waals surface area contributed by atoms with Gasteiger partial charge in [0.05, 0.1) is 12.7 Å². The van der Waals surface area contributed by atoms with Gasteiger partial charge in [-0.2, -0.15) is 0 Å². The molecular weight excluding hydrogens is 302 g/mol. The van der Waals surface area contributed by atoms with Crippen LogP contribution in [-0.4, -0.2) is 52.4 Å². The maximum Gasteiger partial charge on any atom is 0.407 e. The summed E-state index contributed by atoms with van der Waals surface area (Å²) in [4.78, 5) is 11.2. The highest BCUT2D eigenvalue weighted by Gasteiger charge is 2.42. The molecule has 1 aromatic rings. The highest BCUT2D eigenvalue weighted by atomic mass is 16.5. The number of carbonyl (C=O) groups excluding carboxylic acids is 1. The summed E-state index contributed by atoms with van der Waals surface area (Å²) >= 11 is 0. The molecule has 1 heterocycles. The van der Waals surface area contributed by atoms with Gasteiger partial charge in [0.25, 0.3) is 0 Å². The van der Waals surface area contributed by atoms with Crippen LogP contribution in [0.1, 0.15) is 31.1 Å². The Balaban J connectivity index is 2.00. The minimum Gasteiger partial charge on any atom is -0.450 e. The van der Waals surface area contributed by atoms with E-state index in [1.54, 1.807) is 38.1 Å². The van der Waals surface area contributed by atoms with Gasteiger partial charge in [0, 0.05) is 6.54 Å². The average molecular weight is 325 g/mol. The summed E-state index contributed by atoms with van der Waals surface area (Å²) in [7, 11) is 0. The quantitative estimate of drug-likeness (QED) is 0.641. The van der Waals surface area contributed by atoms with E-state index in [4.69, 9.17) is 9.47 Å². The van der Waals surface area contributed by atoms with E-state index >= 15 is 0 Å². The van der Waals surface area contributed by atoms with Crippen molar-refractivity contribution in [1.82, 2.24) is 5.32 Å². The Bertz CT molecular complexity index is 520. The molecule has 23 heavy (non-hydrogen) atoms. The summed E-state index contributed by atoms with van der Waals surface area (Å²) in [6.45, 7) is 4.01. The van der Waals surface area contributed by atoms with Crippen LogP contribution in [0.25, 0.3) is 0 Å². The van der Waals surface area contributed by atoms with E-state index in [1.807, 2.05) is 0 Å². The molecule has 2 rings (SSSR count). The van der Waals surface area contributed by atoms with Crippen LogP contribution in [0.3, 0.4) is 0 Å². The second-order valence-corrected chi connectivity index (χ2v) is 5.55. The maximum absolute atomic E-state index is 11.2. The highest BCUT2D eigenvalue weighted by molar-refractivity contribution is 5.67. The predicted molar refractivity (Wildman–Crippen MR) is 81.6 cm³/mol. The van der Waals surface area contributed by atoms with Gasteiger partial charge < -0.3 is 30.1 Å². The lowest BCUT2D eigenvalue weighted by Crippen LogP contribution is -2.53. The van der Waals surface area contributed by atoms with E-state index in [-0.39, 0.29) is 0 Å². The van der Waals surface area contributed by atoms with E-state index < -0.39 is 36.6 Å². The zero-order chi connectivity index (χ0) is 17.0. The number of ether oxygens (including phenoxy) is 2. The van der Waals surface area contributed by atoms with Gasteiger partial charge in [0.2, 0.25) is 0 Å². The normalized spacial score (nSPS) is 30.7. The molecule has 1 saturated heterocycles. The van der Waals surface area contributed by atoms with Gasteiger partial charge in [-0.05, 0) is 25.0 Å². The first kappa shape index (κ1) is 17.7. The lowest BCUT2D eigenvalue weighted by Gasteiger charge is -2.39. The summed E-state index contributed by atoms with van der Waals surface area (Å²) in [5, 5.41) is 32.2. The number of amides is 1. The molecule has 0 aliphatic carbocycles. The van der Waals surface area contributed by atoms with Gasteiger partial charge >= 0.3 is 6.09 Å². The number of hydrogen-bond acceptors (Lipinski definition) is 6. The fraction of sp³-hybridized carbons (Fsp3) is 0.562. The van der Waals surface area contributed by atoms with Crippen molar-refractivity contribution in [3.05, 3.63) is 35.4 Å². The molecule has 0 spiro atoms. The van der Waals surface area contributed by atoms with Gasteiger partial charge in [-0.3, -0.25) is 0 Å². The summed E-state index contributed by atoms with van der Waals surface area (Å²) in [6, 6.07) is 7.10. The standard InChI is InChI=1S/C16H23NO6/c1-3-22-16(21)17-8-10-4-6-11(7-5-10)15-14(20)13(19)12(18)9(2)23-15/h4-7,9,12-15,18-20H,3,8H2,1-2H3,(H,17,21)/t9-,12-,13+,14+,15-/m0/s1. The van der Waals surface area contributed by atoms with Gasteiger partial charge in [0.1, 0.15) is 24.4 Å². The number of aliphatic hydroxyl groups excluding tert-OH is 3. The minimum absolute atomic E-state index is 0.314. The molecule has 0 radical (unpaired) electrons. The smallest absolute Gasteiger partial charge is 0.407 e. The third-order valence-corrected chi connectivity index (χ3v) is 3.87.